The van der Waals surface area contributed by atoms with Gasteiger partial charge in [-0.3, -0.25) is 20.2 Å². The Morgan fingerprint density at radius 1 is 0.913 bits per heavy atom. The molecule has 0 amide bonds. The Bertz CT molecular complexity index is 729. The molecule has 118 valence electrons. The molecule has 0 heterocycles. The molecular formula is C15H13N3O5. The van der Waals surface area contributed by atoms with Crippen LogP contribution in [0.25, 0.3) is 0 Å². The first-order chi connectivity index (χ1) is 11.0. The van der Waals surface area contributed by atoms with Crippen LogP contribution < -0.4 is 0 Å². The lowest BCUT2D eigenvalue weighted by molar-refractivity contribution is -0.579. The molecule has 8 heteroatoms. The standard InChI is InChI=1S/C15H13N3O5/c19-16(10-12-6-8-14(9-7-12)18(22)23)15(11-17(20)21)13-4-2-1-3-5-13/h1-10,15H,11H2/b16-10+. The van der Waals surface area contributed by atoms with Crippen molar-refractivity contribution in [1.82, 2.24) is 0 Å². The average molecular weight is 315 g/mol. The Labute approximate surface area is 131 Å². The molecule has 0 radical (unpaired) electrons. The van der Waals surface area contributed by atoms with Crippen molar-refractivity contribution < 1.29 is 14.6 Å². The van der Waals surface area contributed by atoms with Crippen molar-refractivity contribution in [2.24, 2.45) is 0 Å². The summed E-state index contributed by atoms with van der Waals surface area (Å²) in [7, 11) is 0. The van der Waals surface area contributed by atoms with E-state index >= 15 is 0 Å². The van der Waals surface area contributed by atoms with Crippen molar-refractivity contribution in [1.29, 1.82) is 0 Å². The molecule has 2 aromatic rings. The molecular weight excluding hydrogens is 302 g/mol. The van der Waals surface area contributed by atoms with Crippen LogP contribution in [0.5, 0.6) is 0 Å². The van der Waals surface area contributed by atoms with Gasteiger partial charge in [-0.2, -0.15) is 4.74 Å². The molecule has 0 spiro atoms. The maximum Gasteiger partial charge on any atom is 0.269 e. The summed E-state index contributed by atoms with van der Waals surface area (Å²) in [5.74, 6) is 0. The third kappa shape index (κ3) is 4.34. The molecule has 8 nitrogen and oxygen atoms in total. The van der Waals surface area contributed by atoms with Gasteiger partial charge in [0.25, 0.3) is 18.3 Å². The molecule has 0 aromatic heterocycles. The number of hydroxylamine groups is 1. The fourth-order valence-corrected chi connectivity index (χ4v) is 2.07. The van der Waals surface area contributed by atoms with E-state index in [-0.39, 0.29) is 5.69 Å². The van der Waals surface area contributed by atoms with Crippen LogP contribution in [-0.2, 0) is 0 Å². The minimum atomic E-state index is -0.971. The molecule has 2 rings (SSSR count). The van der Waals surface area contributed by atoms with Gasteiger partial charge >= 0.3 is 0 Å². The molecule has 0 fully saturated rings. The second-order valence-electron chi connectivity index (χ2n) is 4.78. The largest absolute Gasteiger partial charge is 0.623 e. The van der Waals surface area contributed by atoms with E-state index < -0.39 is 22.4 Å². The van der Waals surface area contributed by atoms with Gasteiger partial charge in [0.1, 0.15) is 0 Å². The molecule has 1 unspecified atom stereocenters. The van der Waals surface area contributed by atoms with Crippen LogP contribution in [-0.4, -0.2) is 27.3 Å². The van der Waals surface area contributed by atoms with Crippen LogP contribution in [0.15, 0.2) is 54.6 Å². The first-order valence-corrected chi connectivity index (χ1v) is 6.69. The second-order valence-corrected chi connectivity index (χ2v) is 4.78. The van der Waals surface area contributed by atoms with Gasteiger partial charge in [-0.15, -0.1) is 0 Å². The number of hydrogen-bond donors (Lipinski definition) is 0. The van der Waals surface area contributed by atoms with Crippen LogP contribution >= 0.6 is 0 Å². The van der Waals surface area contributed by atoms with Crippen molar-refractivity contribution >= 4 is 11.9 Å². The zero-order valence-electron chi connectivity index (χ0n) is 11.9. The molecule has 0 saturated heterocycles. The minimum Gasteiger partial charge on any atom is -0.623 e. The van der Waals surface area contributed by atoms with E-state index in [9.17, 15) is 25.4 Å². The van der Waals surface area contributed by atoms with Crippen LogP contribution in [0, 0.1) is 25.4 Å². The van der Waals surface area contributed by atoms with E-state index in [0.29, 0.717) is 15.9 Å². The number of nitro benzene ring substituents is 1. The van der Waals surface area contributed by atoms with Gasteiger partial charge in [0.2, 0.25) is 0 Å². The fraction of sp³-hybridized carbons (Fsp3) is 0.133. The number of hydrogen-bond acceptors (Lipinski definition) is 5. The maximum absolute atomic E-state index is 12.3. The van der Waals surface area contributed by atoms with Crippen molar-refractivity contribution in [3.05, 3.63) is 91.2 Å². The molecule has 0 bridgehead atoms. The highest BCUT2D eigenvalue weighted by atomic mass is 16.6. The lowest BCUT2D eigenvalue weighted by atomic mass is 10.1. The van der Waals surface area contributed by atoms with E-state index in [1.807, 2.05) is 0 Å². The SMILES string of the molecule is O=[N+]([O-])CC(c1ccccc1)/[N+]([O-])=C\c1ccc([N+](=O)[O-])cc1. The topological polar surface area (TPSA) is 112 Å². The Hall–Kier alpha value is -3.29. The zero-order chi connectivity index (χ0) is 16.8. The Morgan fingerprint density at radius 2 is 1.52 bits per heavy atom. The summed E-state index contributed by atoms with van der Waals surface area (Å²) < 4.78 is 0.499. The average Bonchev–Trinajstić information content (AvgIpc) is 2.53. The number of nitrogens with zero attached hydrogens (tertiary/aromatic N) is 3. The lowest BCUT2D eigenvalue weighted by Gasteiger charge is -2.13. The van der Waals surface area contributed by atoms with E-state index in [0.717, 1.165) is 0 Å². The Kier molecular flexibility index (Phi) is 4.98. The van der Waals surface area contributed by atoms with Crippen molar-refractivity contribution in [2.75, 3.05) is 6.54 Å². The summed E-state index contributed by atoms with van der Waals surface area (Å²) in [6.45, 7) is -0.545. The van der Waals surface area contributed by atoms with Crippen molar-refractivity contribution in [3.8, 4) is 0 Å². The molecule has 1 atom stereocenters. The minimum absolute atomic E-state index is 0.0931. The maximum atomic E-state index is 12.3. The number of nitro groups is 2. The predicted molar refractivity (Wildman–Crippen MR) is 82.9 cm³/mol. The van der Waals surface area contributed by atoms with Gasteiger partial charge in [0.05, 0.1) is 4.92 Å². The highest BCUT2D eigenvalue weighted by molar-refractivity contribution is 5.76. The molecule has 0 aliphatic rings. The third-order valence-electron chi connectivity index (χ3n) is 3.19. The molecule has 0 aliphatic carbocycles. The summed E-state index contributed by atoms with van der Waals surface area (Å²) in [4.78, 5) is 20.3. The summed E-state index contributed by atoms with van der Waals surface area (Å²) in [6, 6.07) is 12.8. The second kappa shape index (κ2) is 7.12. The summed E-state index contributed by atoms with van der Waals surface area (Å²) in [5, 5.41) is 33.7. The molecule has 23 heavy (non-hydrogen) atoms. The van der Waals surface area contributed by atoms with E-state index in [4.69, 9.17) is 0 Å². The predicted octanol–water partition coefficient (Wildman–Crippen LogP) is 2.54. The van der Waals surface area contributed by atoms with Crippen LogP contribution in [0.2, 0.25) is 0 Å². The van der Waals surface area contributed by atoms with Crippen molar-refractivity contribution in [3.63, 3.8) is 0 Å². The molecule has 0 saturated carbocycles. The first-order valence-electron chi connectivity index (χ1n) is 6.69. The summed E-state index contributed by atoms with van der Waals surface area (Å²) in [5.41, 5.74) is 0.858. The van der Waals surface area contributed by atoms with E-state index in [1.54, 1.807) is 30.3 Å². The van der Waals surface area contributed by atoms with Gasteiger partial charge in [0.15, 0.2) is 6.21 Å². The quantitative estimate of drug-likeness (QED) is 0.267. The lowest BCUT2D eigenvalue weighted by Crippen LogP contribution is -2.23. The van der Waals surface area contributed by atoms with Crippen LogP contribution in [0.3, 0.4) is 0 Å². The first kappa shape index (κ1) is 16.1. The fourth-order valence-electron chi connectivity index (χ4n) is 2.07. The van der Waals surface area contributed by atoms with Gasteiger partial charge in [-0.1, -0.05) is 30.3 Å². The Balaban J connectivity index is 2.30. The number of benzene rings is 2. The van der Waals surface area contributed by atoms with Crippen LogP contribution in [0.1, 0.15) is 17.2 Å². The van der Waals surface area contributed by atoms with Crippen LogP contribution in [0.4, 0.5) is 5.69 Å². The van der Waals surface area contributed by atoms with Gasteiger partial charge in [-0.25, -0.2) is 0 Å². The number of rotatable bonds is 6. The zero-order valence-corrected chi connectivity index (χ0v) is 11.9. The highest BCUT2D eigenvalue weighted by Gasteiger charge is 2.25. The summed E-state index contributed by atoms with van der Waals surface area (Å²) in [6.07, 6.45) is 1.19. The van der Waals surface area contributed by atoms with Gasteiger partial charge in [-0.05, 0) is 12.1 Å². The Morgan fingerprint density at radius 3 is 2.04 bits per heavy atom. The molecule has 0 N–H and O–H groups in total. The smallest absolute Gasteiger partial charge is 0.269 e. The van der Waals surface area contributed by atoms with Crippen molar-refractivity contribution in [2.45, 2.75) is 6.04 Å². The normalized spacial score (nSPS) is 12.6. The number of non-ortho nitro benzene ring substituents is 1. The third-order valence-corrected chi connectivity index (χ3v) is 3.19. The van der Waals surface area contributed by atoms with E-state index in [2.05, 4.69) is 0 Å². The molecule has 2 aromatic carbocycles. The van der Waals surface area contributed by atoms with E-state index in [1.165, 1.54) is 30.5 Å². The van der Waals surface area contributed by atoms with Gasteiger partial charge < -0.3 is 5.21 Å². The molecule has 0 aliphatic heterocycles. The highest BCUT2D eigenvalue weighted by Crippen LogP contribution is 2.17. The monoisotopic (exact) mass is 315 g/mol. The van der Waals surface area contributed by atoms with Gasteiger partial charge in [0, 0.05) is 28.2 Å². The summed E-state index contributed by atoms with van der Waals surface area (Å²) >= 11 is 0.